The van der Waals surface area contributed by atoms with E-state index < -0.39 is 0 Å². The van der Waals surface area contributed by atoms with Gasteiger partial charge in [0.2, 0.25) is 5.91 Å². The smallest absolute Gasteiger partial charge is 0.229 e. The summed E-state index contributed by atoms with van der Waals surface area (Å²) in [5, 5.41) is 0.811. The number of aliphatic imine (C=N–C) groups is 1. The predicted octanol–water partition coefficient (Wildman–Crippen LogP) is 3.90. The summed E-state index contributed by atoms with van der Waals surface area (Å²) in [4.78, 5) is 25.3. The molecule has 5 nitrogen and oxygen atoms in total. The highest BCUT2D eigenvalue weighted by Crippen LogP contribution is 2.43. The Labute approximate surface area is 180 Å². The Morgan fingerprint density at radius 1 is 1.03 bits per heavy atom. The average molecular weight is 427 g/mol. The Morgan fingerprint density at radius 3 is 2.62 bits per heavy atom. The topological polar surface area (TPSA) is 39.2 Å². The maximum atomic E-state index is 12.6. The fourth-order valence-corrected chi connectivity index (χ4v) is 5.55. The van der Waals surface area contributed by atoms with Gasteiger partial charge in [0.25, 0.3) is 0 Å². The van der Waals surface area contributed by atoms with Crippen LogP contribution in [0.5, 0.6) is 0 Å². The summed E-state index contributed by atoms with van der Waals surface area (Å²) in [7, 11) is 0. The van der Waals surface area contributed by atoms with Crippen molar-refractivity contribution in [2.45, 2.75) is 16.6 Å². The zero-order chi connectivity index (χ0) is 19.8. The second kappa shape index (κ2) is 8.01. The molecule has 0 saturated carbocycles. The van der Waals surface area contributed by atoms with Crippen LogP contribution in [-0.4, -0.2) is 66.1 Å². The fraction of sp³-hybridized carbons (Fsp3) is 0.364. The third kappa shape index (κ3) is 3.89. The van der Waals surface area contributed by atoms with Gasteiger partial charge >= 0.3 is 0 Å². The van der Waals surface area contributed by atoms with Gasteiger partial charge in [-0.05, 0) is 30.3 Å². The van der Waals surface area contributed by atoms with Crippen molar-refractivity contribution in [1.82, 2.24) is 9.80 Å². The largest absolute Gasteiger partial charge is 0.369 e. The summed E-state index contributed by atoms with van der Waals surface area (Å²) in [6.07, 6.45) is 0.535. The molecule has 0 aliphatic carbocycles. The highest BCUT2D eigenvalue weighted by Gasteiger charge is 2.39. The van der Waals surface area contributed by atoms with Crippen molar-refractivity contribution in [1.29, 1.82) is 0 Å². The number of piperazine rings is 1. The lowest BCUT2D eigenvalue weighted by Gasteiger charge is -2.36. The number of thioether (sulfide) groups is 1. The Hall–Kier alpha value is -2.02. The van der Waals surface area contributed by atoms with E-state index in [1.165, 1.54) is 5.69 Å². The second-order valence-electron chi connectivity index (χ2n) is 7.60. The van der Waals surface area contributed by atoms with Gasteiger partial charge in [-0.3, -0.25) is 14.6 Å². The highest BCUT2D eigenvalue weighted by molar-refractivity contribution is 8.01. The summed E-state index contributed by atoms with van der Waals surface area (Å²) >= 11 is 7.86. The maximum Gasteiger partial charge on any atom is 0.229 e. The molecule has 0 bridgehead atoms. The van der Waals surface area contributed by atoms with Gasteiger partial charge in [-0.1, -0.05) is 29.8 Å². The molecular formula is C22H23ClN4OS. The van der Waals surface area contributed by atoms with Gasteiger partial charge in [0.1, 0.15) is 5.84 Å². The van der Waals surface area contributed by atoms with Crippen molar-refractivity contribution in [2.75, 3.05) is 44.2 Å². The number of nitrogens with zero attached hydrogens (tertiary/aromatic N) is 4. The summed E-state index contributed by atoms with van der Waals surface area (Å²) in [6, 6.07) is 16.3. The SMILES string of the molecule is O=C1C[C@H]2Sc3ccc(Cl)cc3N=C2N1CCN1CCN(c2ccccc2)CC1. The lowest BCUT2D eigenvalue weighted by molar-refractivity contribution is -0.125. The Bertz CT molecular complexity index is 943. The number of amidine groups is 1. The minimum absolute atomic E-state index is 0.131. The van der Waals surface area contributed by atoms with Gasteiger partial charge in [-0.15, -0.1) is 11.8 Å². The molecule has 0 N–H and O–H groups in total. The third-order valence-electron chi connectivity index (χ3n) is 5.78. The van der Waals surface area contributed by atoms with Crippen molar-refractivity contribution in [3.63, 3.8) is 0 Å². The van der Waals surface area contributed by atoms with Crippen LogP contribution < -0.4 is 4.90 Å². The van der Waals surface area contributed by atoms with E-state index in [0.29, 0.717) is 18.0 Å². The van der Waals surface area contributed by atoms with Crippen molar-refractivity contribution in [3.8, 4) is 0 Å². The summed E-state index contributed by atoms with van der Waals surface area (Å²) in [5.74, 6) is 1.08. The fourth-order valence-electron chi connectivity index (χ4n) is 4.19. The summed E-state index contributed by atoms with van der Waals surface area (Å²) < 4.78 is 0. The first kappa shape index (κ1) is 19.0. The number of halogens is 1. The number of benzene rings is 2. The molecule has 2 aromatic rings. The number of hydrogen-bond donors (Lipinski definition) is 0. The minimum atomic E-state index is 0.131. The first-order valence-electron chi connectivity index (χ1n) is 10.0. The monoisotopic (exact) mass is 426 g/mol. The third-order valence-corrected chi connectivity index (χ3v) is 7.28. The van der Waals surface area contributed by atoms with E-state index in [9.17, 15) is 4.79 Å². The van der Waals surface area contributed by atoms with Crippen LogP contribution in [0.2, 0.25) is 5.02 Å². The quantitative estimate of drug-likeness (QED) is 0.743. The van der Waals surface area contributed by atoms with Crippen molar-refractivity contribution < 1.29 is 4.79 Å². The van der Waals surface area contributed by atoms with Crippen LogP contribution in [0.4, 0.5) is 11.4 Å². The van der Waals surface area contributed by atoms with E-state index in [0.717, 1.165) is 49.1 Å². The Balaban J connectivity index is 1.22. The van der Waals surface area contributed by atoms with E-state index in [1.807, 2.05) is 23.1 Å². The van der Waals surface area contributed by atoms with Gasteiger partial charge in [-0.2, -0.15) is 0 Å². The molecule has 3 aliphatic rings. The molecule has 7 heteroatoms. The summed E-state index contributed by atoms with van der Waals surface area (Å²) in [6.45, 7) is 5.65. The van der Waals surface area contributed by atoms with E-state index in [-0.39, 0.29) is 11.2 Å². The Morgan fingerprint density at radius 2 is 1.83 bits per heavy atom. The van der Waals surface area contributed by atoms with Gasteiger partial charge in [0.15, 0.2) is 0 Å². The van der Waals surface area contributed by atoms with Crippen LogP contribution in [0, 0.1) is 0 Å². The number of rotatable bonds is 4. The number of carbonyl (C=O) groups excluding carboxylic acids is 1. The molecule has 2 saturated heterocycles. The van der Waals surface area contributed by atoms with Gasteiger partial charge in [0, 0.05) is 61.3 Å². The van der Waals surface area contributed by atoms with E-state index in [4.69, 9.17) is 16.6 Å². The first-order chi connectivity index (χ1) is 14.2. The molecule has 0 radical (unpaired) electrons. The summed E-state index contributed by atoms with van der Waals surface area (Å²) in [5.41, 5.74) is 2.17. The van der Waals surface area contributed by atoms with Gasteiger partial charge in [-0.25, -0.2) is 4.99 Å². The van der Waals surface area contributed by atoms with Crippen LogP contribution >= 0.6 is 23.4 Å². The van der Waals surface area contributed by atoms with Crippen LogP contribution in [0.3, 0.4) is 0 Å². The molecule has 0 unspecified atom stereocenters. The average Bonchev–Trinajstić information content (AvgIpc) is 3.05. The molecule has 3 aliphatic heterocycles. The molecule has 2 aromatic carbocycles. The molecule has 0 spiro atoms. The van der Waals surface area contributed by atoms with Crippen molar-refractivity contribution in [2.24, 2.45) is 4.99 Å². The molecule has 29 heavy (non-hydrogen) atoms. The number of para-hydroxylation sites is 1. The zero-order valence-electron chi connectivity index (χ0n) is 16.1. The number of fused-ring (bicyclic) bond motifs is 2. The van der Waals surface area contributed by atoms with E-state index in [1.54, 1.807) is 11.8 Å². The predicted molar refractivity (Wildman–Crippen MR) is 120 cm³/mol. The minimum Gasteiger partial charge on any atom is -0.369 e. The van der Waals surface area contributed by atoms with Crippen LogP contribution in [0.25, 0.3) is 0 Å². The molecule has 5 rings (SSSR count). The molecule has 2 fully saturated rings. The standard InChI is InChI=1S/C22H23ClN4OS/c23-16-6-7-19-18(14-16)24-22-20(29-19)15-21(28)27(22)13-10-25-8-11-26(12-9-25)17-4-2-1-3-5-17/h1-7,14,20H,8-13,15H2/t20-/m1/s1. The number of likely N-dealkylation sites (tertiary alicyclic amines) is 1. The molecule has 3 heterocycles. The molecule has 1 atom stereocenters. The Kier molecular flexibility index (Phi) is 5.24. The molecule has 150 valence electrons. The molecule has 0 aromatic heterocycles. The van der Waals surface area contributed by atoms with Crippen LogP contribution in [0.1, 0.15) is 6.42 Å². The number of amides is 1. The second-order valence-corrected chi connectivity index (χ2v) is 9.28. The number of anilines is 1. The maximum absolute atomic E-state index is 12.6. The number of hydrogen-bond acceptors (Lipinski definition) is 5. The van der Waals surface area contributed by atoms with Crippen LogP contribution in [0.15, 0.2) is 58.4 Å². The van der Waals surface area contributed by atoms with E-state index in [2.05, 4.69) is 40.1 Å². The normalized spacial score (nSPS) is 21.8. The van der Waals surface area contributed by atoms with Crippen molar-refractivity contribution in [3.05, 3.63) is 53.6 Å². The molecule has 1 amide bonds. The van der Waals surface area contributed by atoms with Crippen molar-refractivity contribution >= 4 is 46.5 Å². The zero-order valence-corrected chi connectivity index (χ0v) is 17.7. The van der Waals surface area contributed by atoms with E-state index >= 15 is 0 Å². The number of carbonyl (C=O) groups is 1. The lowest BCUT2D eigenvalue weighted by Crippen LogP contribution is -2.49. The van der Waals surface area contributed by atoms with Crippen LogP contribution in [-0.2, 0) is 4.79 Å². The van der Waals surface area contributed by atoms with Gasteiger partial charge < -0.3 is 4.90 Å². The first-order valence-corrected chi connectivity index (χ1v) is 11.3. The molecular weight excluding hydrogens is 404 g/mol. The highest BCUT2D eigenvalue weighted by atomic mass is 35.5. The lowest BCUT2D eigenvalue weighted by atomic mass is 10.2. The van der Waals surface area contributed by atoms with Gasteiger partial charge in [0.05, 0.1) is 10.9 Å².